The van der Waals surface area contributed by atoms with Gasteiger partial charge in [-0.3, -0.25) is 9.69 Å². The van der Waals surface area contributed by atoms with Gasteiger partial charge in [0.05, 0.1) is 6.10 Å². The van der Waals surface area contributed by atoms with Gasteiger partial charge >= 0.3 is 0 Å². The van der Waals surface area contributed by atoms with Gasteiger partial charge in [-0.25, -0.2) is 0 Å². The number of piperazine rings is 1. The van der Waals surface area contributed by atoms with E-state index < -0.39 is 0 Å². The average molecular weight is 268 g/mol. The number of carbonyl (C=O) groups excluding carboxylic acids is 1. The molecule has 0 bridgehead atoms. The molecule has 110 valence electrons. The Balaban J connectivity index is 2.33. The predicted octanol–water partition coefficient (Wildman–Crippen LogP) is 1.50. The second-order valence-electron chi connectivity index (χ2n) is 6.36. The van der Waals surface area contributed by atoms with E-state index in [2.05, 4.69) is 11.5 Å². The second kappa shape index (κ2) is 7.06. The number of nitrogens with zero attached hydrogens (tertiary/aromatic N) is 2. The fraction of sp³-hybridized carbons (Fsp3) is 0.800. The van der Waals surface area contributed by atoms with Crippen molar-refractivity contribution in [1.82, 2.24) is 9.80 Å². The number of allylic oxidation sites excluding steroid dienone is 1. The molecule has 0 aliphatic carbocycles. The highest BCUT2D eigenvalue weighted by molar-refractivity contribution is 5.81. The highest BCUT2D eigenvalue weighted by atomic mass is 16.3. The third-order valence-corrected chi connectivity index (χ3v) is 3.47. The molecule has 1 aliphatic heterocycles. The van der Waals surface area contributed by atoms with Crippen LogP contribution < -0.4 is 0 Å². The summed E-state index contributed by atoms with van der Waals surface area (Å²) in [6.45, 7) is 13.5. The fourth-order valence-corrected chi connectivity index (χ4v) is 2.31. The Kier molecular flexibility index (Phi) is 6.01. The van der Waals surface area contributed by atoms with E-state index in [1.54, 1.807) is 0 Å². The van der Waals surface area contributed by atoms with Gasteiger partial charge in [-0.2, -0.15) is 0 Å². The number of hydrogen-bond acceptors (Lipinski definition) is 3. The molecule has 0 aromatic heterocycles. The molecule has 1 rings (SSSR count). The van der Waals surface area contributed by atoms with Crippen molar-refractivity contribution in [2.24, 2.45) is 5.41 Å². The van der Waals surface area contributed by atoms with E-state index in [1.165, 1.54) is 0 Å². The molecular formula is C15H28N2O2. The number of rotatable bonds is 5. The SMILES string of the molecule is C=CCCC(O)CN1CCN(C(=O)C(C)(C)C)CC1. The summed E-state index contributed by atoms with van der Waals surface area (Å²) in [4.78, 5) is 16.3. The molecule has 4 nitrogen and oxygen atoms in total. The summed E-state index contributed by atoms with van der Waals surface area (Å²) in [5.41, 5.74) is -0.300. The number of aliphatic hydroxyl groups is 1. The average Bonchev–Trinajstić information content (AvgIpc) is 2.35. The monoisotopic (exact) mass is 268 g/mol. The Morgan fingerprint density at radius 2 is 1.89 bits per heavy atom. The van der Waals surface area contributed by atoms with Gasteiger partial charge in [0.25, 0.3) is 0 Å². The molecule has 1 aliphatic rings. The molecule has 1 heterocycles. The van der Waals surface area contributed by atoms with Crippen LogP contribution in [-0.2, 0) is 4.79 Å². The quantitative estimate of drug-likeness (QED) is 0.769. The van der Waals surface area contributed by atoms with E-state index in [1.807, 2.05) is 31.7 Å². The molecule has 1 saturated heterocycles. The van der Waals surface area contributed by atoms with Crippen molar-refractivity contribution in [2.75, 3.05) is 32.7 Å². The van der Waals surface area contributed by atoms with Crippen LogP contribution in [-0.4, -0.2) is 59.6 Å². The maximum absolute atomic E-state index is 12.1. The van der Waals surface area contributed by atoms with Crippen LogP contribution >= 0.6 is 0 Å². The van der Waals surface area contributed by atoms with Gasteiger partial charge in [0.1, 0.15) is 0 Å². The van der Waals surface area contributed by atoms with Crippen molar-refractivity contribution in [1.29, 1.82) is 0 Å². The minimum atomic E-state index is -0.300. The zero-order valence-corrected chi connectivity index (χ0v) is 12.6. The molecule has 1 amide bonds. The standard InChI is InChI=1S/C15H28N2O2/c1-5-6-7-13(18)12-16-8-10-17(11-9-16)14(19)15(2,3)4/h5,13,18H,1,6-12H2,2-4H3. The third-order valence-electron chi connectivity index (χ3n) is 3.47. The van der Waals surface area contributed by atoms with Crippen molar-refractivity contribution in [3.63, 3.8) is 0 Å². The molecule has 1 atom stereocenters. The molecule has 4 heteroatoms. The minimum absolute atomic E-state index is 0.222. The van der Waals surface area contributed by atoms with Crippen LogP contribution in [0.15, 0.2) is 12.7 Å². The molecular weight excluding hydrogens is 240 g/mol. The highest BCUT2D eigenvalue weighted by Crippen LogP contribution is 2.18. The van der Waals surface area contributed by atoms with Gasteiger partial charge in [-0.05, 0) is 12.8 Å². The van der Waals surface area contributed by atoms with Gasteiger partial charge in [-0.15, -0.1) is 6.58 Å². The lowest BCUT2D eigenvalue weighted by Gasteiger charge is -2.38. The summed E-state index contributed by atoms with van der Waals surface area (Å²) in [5, 5.41) is 9.87. The van der Waals surface area contributed by atoms with Gasteiger partial charge in [-0.1, -0.05) is 26.8 Å². The molecule has 0 aromatic carbocycles. The number of amides is 1. The first-order valence-corrected chi connectivity index (χ1v) is 7.15. The Labute approximate surface area is 117 Å². The minimum Gasteiger partial charge on any atom is -0.392 e. The van der Waals surface area contributed by atoms with Crippen molar-refractivity contribution < 1.29 is 9.90 Å². The largest absolute Gasteiger partial charge is 0.392 e. The molecule has 0 saturated carbocycles. The lowest BCUT2D eigenvalue weighted by Crippen LogP contribution is -2.52. The molecule has 1 fully saturated rings. The van der Waals surface area contributed by atoms with E-state index in [-0.39, 0.29) is 17.4 Å². The van der Waals surface area contributed by atoms with Crippen LogP contribution in [0.4, 0.5) is 0 Å². The molecule has 0 aromatic rings. The van der Waals surface area contributed by atoms with Crippen molar-refractivity contribution in [2.45, 2.75) is 39.7 Å². The van der Waals surface area contributed by atoms with Gasteiger partial charge in [0.2, 0.25) is 5.91 Å². The third kappa shape index (κ3) is 5.33. The predicted molar refractivity (Wildman–Crippen MR) is 77.9 cm³/mol. The van der Waals surface area contributed by atoms with E-state index in [0.29, 0.717) is 6.54 Å². The van der Waals surface area contributed by atoms with Gasteiger partial charge < -0.3 is 10.0 Å². The maximum Gasteiger partial charge on any atom is 0.228 e. The Morgan fingerprint density at radius 1 is 1.32 bits per heavy atom. The Bertz CT molecular complexity index is 302. The Morgan fingerprint density at radius 3 is 2.37 bits per heavy atom. The summed E-state index contributed by atoms with van der Waals surface area (Å²) >= 11 is 0. The molecule has 0 radical (unpaired) electrons. The molecule has 19 heavy (non-hydrogen) atoms. The summed E-state index contributed by atoms with van der Waals surface area (Å²) in [7, 11) is 0. The fourth-order valence-electron chi connectivity index (χ4n) is 2.31. The van der Waals surface area contributed by atoms with Crippen LogP contribution in [0.3, 0.4) is 0 Å². The summed E-state index contributed by atoms with van der Waals surface area (Å²) in [6, 6.07) is 0. The zero-order valence-electron chi connectivity index (χ0n) is 12.6. The van der Waals surface area contributed by atoms with Crippen LogP contribution in [0, 0.1) is 5.41 Å². The molecule has 1 N–H and O–H groups in total. The first-order valence-electron chi connectivity index (χ1n) is 7.15. The Hall–Kier alpha value is -0.870. The van der Waals surface area contributed by atoms with Crippen LogP contribution in [0.2, 0.25) is 0 Å². The van der Waals surface area contributed by atoms with Crippen LogP contribution in [0.1, 0.15) is 33.6 Å². The van der Waals surface area contributed by atoms with Crippen molar-refractivity contribution >= 4 is 5.91 Å². The summed E-state index contributed by atoms with van der Waals surface area (Å²) < 4.78 is 0. The first kappa shape index (κ1) is 16.2. The van der Waals surface area contributed by atoms with Crippen LogP contribution in [0.5, 0.6) is 0 Å². The topological polar surface area (TPSA) is 43.8 Å². The van der Waals surface area contributed by atoms with Gasteiger partial charge in [0, 0.05) is 38.1 Å². The van der Waals surface area contributed by atoms with E-state index in [4.69, 9.17) is 0 Å². The smallest absolute Gasteiger partial charge is 0.228 e. The second-order valence-corrected chi connectivity index (χ2v) is 6.36. The van der Waals surface area contributed by atoms with Crippen molar-refractivity contribution in [3.8, 4) is 0 Å². The number of carbonyl (C=O) groups is 1. The van der Waals surface area contributed by atoms with E-state index in [0.717, 1.165) is 39.0 Å². The lowest BCUT2D eigenvalue weighted by atomic mass is 9.94. The summed E-state index contributed by atoms with van der Waals surface area (Å²) in [5.74, 6) is 0.222. The zero-order chi connectivity index (χ0) is 14.5. The lowest BCUT2D eigenvalue weighted by molar-refractivity contribution is -0.141. The number of aliphatic hydroxyl groups excluding tert-OH is 1. The number of hydrogen-bond donors (Lipinski definition) is 1. The van der Waals surface area contributed by atoms with E-state index >= 15 is 0 Å². The summed E-state index contributed by atoms with van der Waals surface area (Å²) in [6.07, 6.45) is 3.17. The van der Waals surface area contributed by atoms with Gasteiger partial charge in [0.15, 0.2) is 0 Å². The molecule has 0 spiro atoms. The van der Waals surface area contributed by atoms with E-state index in [9.17, 15) is 9.90 Å². The van der Waals surface area contributed by atoms with Crippen LogP contribution in [0.25, 0.3) is 0 Å². The molecule has 1 unspecified atom stereocenters. The number of β-amino-alcohol motifs (C(OH)–C–C–N with tert-alkyl or cyclic N) is 1. The maximum atomic E-state index is 12.1. The normalized spacial score (nSPS) is 19.3. The van der Waals surface area contributed by atoms with Crippen molar-refractivity contribution in [3.05, 3.63) is 12.7 Å². The first-order chi connectivity index (χ1) is 8.84. The highest BCUT2D eigenvalue weighted by Gasteiger charge is 2.29.